The summed E-state index contributed by atoms with van der Waals surface area (Å²) in [6.45, 7) is 0.919. The number of aromatic nitrogens is 1. The van der Waals surface area contributed by atoms with Crippen LogP contribution in [0.1, 0.15) is 37.7 Å². The predicted molar refractivity (Wildman–Crippen MR) is 91.5 cm³/mol. The van der Waals surface area contributed by atoms with Crippen LogP contribution in [0.2, 0.25) is 0 Å². The number of ether oxygens (including phenoxy) is 2. The molecule has 2 fully saturated rings. The van der Waals surface area contributed by atoms with E-state index in [1.165, 1.54) is 7.11 Å². The number of amides is 1. The van der Waals surface area contributed by atoms with Crippen molar-refractivity contribution in [1.29, 1.82) is 0 Å². The van der Waals surface area contributed by atoms with Crippen molar-refractivity contribution in [3.05, 3.63) is 17.4 Å². The van der Waals surface area contributed by atoms with Crippen LogP contribution in [-0.4, -0.2) is 54.6 Å². The summed E-state index contributed by atoms with van der Waals surface area (Å²) in [7, 11) is 3.25. The van der Waals surface area contributed by atoms with Crippen LogP contribution in [0.5, 0.6) is 11.8 Å². The van der Waals surface area contributed by atoms with Crippen molar-refractivity contribution in [3.8, 4) is 11.8 Å². The molecule has 1 aromatic heterocycles. The molecule has 150 valence electrons. The van der Waals surface area contributed by atoms with E-state index in [1.807, 2.05) is 11.9 Å². The topological polar surface area (TPSA) is 63.7 Å². The van der Waals surface area contributed by atoms with Gasteiger partial charge in [-0.1, -0.05) is 0 Å². The summed E-state index contributed by atoms with van der Waals surface area (Å²) in [5, 5.41) is 2.77. The van der Waals surface area contributed by atoms with Crippen LogP contribution in [0.3, 0.4) is 0 Å². The minimum atomic E-state index is -2.79. The maximum Gasteiger partial charge on any atom is 0.254 e. The van der Waals surface area contributed by atoms with Gasteiger partial charge in [0.05, 0.1) is 13.2 Å². The number of hydrogen-bond donors (Lipinski definition) is 1. The minimum absolute atomic E-state index is 0.0536. The average molecular weight is 387 g/mol. The molecule has 2 atom stereocenters. The van der Waals surface area contributed by atoms with Crippen LogP contribution in [0.4, 0.5) is 13.2 Å². The number of alkyl halides is 2. The fourth-order valence-corrected chi connectivity index (χ4v) is 3.59. The molecule has 1 saturated heterocycles. The summed E-state index contributed by atoms with van der Waals surface area (Å²) in [6.07, 6.45) is 0.364. The average Bonchev–Trinajstić information content (AvgIpc) is 3.19. The minimum Gasteiger partial charge on any atom is -0.481 e. The first-order valence-corrected chi connectivity index (χ1v) is 9.05. The van der Waals surface area contributed by atoms with Crippen molar-refractivity contribution in [1.82, 2.24) is 15.2 Å². The normalized spacial score (nSPS) is 24.8. The molecular weight excluding hydrogens is 363 g/mol. The van der Waals surface area contributed by atoms with Crippen LogP contribution >= 0.6 is 0 Å². The second-order valence-electron chi connectivity index (χ2n) is 7.14. The van der Waals surface area contributed by atoms with Crippen molar-refractivity contribution < 1.29 is 27.4 Å². The molecular formula is C18H24F3N3O3. The maximum absolute atomic E-state index is 14.3. The van der Waals surface area contributed by atoms with Crippen LogP contribution in [0.15, 0.2) is 6.07 Å². The predicted octanol–water partition coefficient (Wildman–Crippen LogP) is 2.51. The van der Waals surface area contributed by atoms with E-state index < -0.39 is 24.3 Å². The molecule has 1 saturated carbocycles. The number of pyridine rings is 1. The van der Waals surface area contributed by atoms with Crippen molar-refractivity contribution in [2.24, 2.45) is 0 Å². The zero-order valence-electron chi connectivity index (χ0n) is 15.4. The Hall–Kier alpha value is -2.03. The highest BCUT2D eigenvalue weighted by atomic mass is 19.3. The van der Waals surface area contributed by atoms with Gasteiger partial charge in [-0.05, 0) is 38.9 Å². The molecule has 1 amide bonds. The molecule has 0 unspecified atom stereocenters. The van der Waals surface area contributed by atoms with E-state index >= 15 is 0 Å². The standard InChI is InChI=1S/C18H24F3N3O3/c1-24-7-3-4-14(24)15(25)22-10-11-8-13(19)17(23-16(11)26-2)27-12-5-6-18(20,21)9-12/h8,12,14H,3-7,9-10H2,1-2H3,(H,22,25)/t12-,14-/m0/s1. The number of nitrogens with one attached hydrogen (secondary N) is 1. The van der Waals surface area contributed by atoms with E-state index in [-0.39, 0.29) is 43.1 Å². The van der Waals surface area contributed by atoms with Gasteiger partial charge >= 0.3 is 0 Å². The zero-order chi connectivity index (χ0) is 19.6. The fourth-order valence-electron chi connectivity index (χ4n) is 3.59. The molecule has 2 aliphatic rings. The van der Waals surface area contributed by atoms with Crippen molar-refractivity contribution >= 4 is 5.91 Å². The molecule has 0 aromatic carbocycles. The molecule has 1 N–H and O–H groups in total. The van der Waals surface area contributed by atoms with E-state index in [1.54, 1.807) is 0 Å². The highest BCUT2D eigenvalue weighted by Gasteiger charge is 2.41. The molecule has 0 bridgehead atoms. The quantitative estimate of drug-likeness (QED) is 0.813. The number of methoxy groups -OCH3 is 1. The fraction of sp³-hybridized carbons (Fsp3) is 0.667. The van der Waals surface area contributed by atoms with E-state index in [9.17, 15) is 18.0 Å². The lowest BCUT2D eigenvalue weighted by atomic mass is 10.2. The third-order valence-electron chi connectivity index (χ3n) is 5.09. The first kappa shape index (κ1) is 19.7. The molecule has 2 heterocycles. The van der Waals surface area contributed by atoms with Gasteiger partial charge in [0.15, 0.2) is 5.82 Å². The number of halogens is 3. The Morgan fingerprint density at radius 3 is 2.78 bits per heavy atom. The molecule has 0 radical (unpaired) electrons. The van der Waals surface area contributed by atoms with Gasteiger partial charge in [0.1, 0.15) is 6.10 Å². The second-order valence-corrected chi connectivity index (χ2v) is 7.14. The monoisotopic (exact) mass is 387 g/mol. The van der Waals surface area contributed by atoms with Gasteiger partial charge < -0.3 is 14.8 Å². The van der Waals surface area contributed by atoms with Gasteiger partial charge in [0.25, 0.3) is 11.8 Å². The van der Waals surface area contributed by atoms with Crippen molar-refractivity contribution in [2.75, 3.05) is 20.7 Å². The van der Waals surface area contributed by atoms with Gasteiger partial charge in [-0.15, -0.1) is 0 Å². The molecule has 1 aliphatic heterocycles. The third-order valence-corrected chi connectivity index (χ3v) is 5.09. The summed E-state index contributed by atoms with van der Waals surface area (Å²) in [4.78, 5) is 18.2. The second kappa shape index (κ2) is 7.92. The lowest BCUT2D eigenvalue weighted by molar-refractivity contribution is -0.125. The van der Waals surface area contributed by atoms with Crippen LogP contribution < -0.4 is 14.8 Å². The Bertz CT molecular complexity index is 702. The van der Waals surface area contributed by atoms with E-state index in [4.69, 9.17) is 9.47 Å². The first-order valence-electron chi connectivity index (χ1n) is 9.05. The summed E-state index contributed by atoms with van der Waals surface area (Å²) in [5.41, 5.74) is 0.355. The van der Waals surface area contributed by atoms with E-state index in [0.29, 0.717) is 5.56 Å². The Balaban J connectivity index is 1.66. The molecule has 9 heteroatoms. The number of carbonyl (C=O) groups is 1. The molecule has 6 nitrogen and oxygen atoms in total. The Labute approximate surface area is 156 Å². The SMILES string of the molecule is COc1nc(O[C@H]2CCC(F)(F)C2)c(F)cc1CNC(=O)[C@@H]1CCCN1C. The zero-order valence-corrected chi connectivity index (χ0v) is 15.4. The highest BCUT2D eigenvalue weighted by Crippen LogP contribution is 2.37. The number of likely N-dealkylation sites (N-methyl/N-ethyl adjacent to an activating group) is 1. The smallest absolute Gasteiger partial charge is 0.254 e. The molecule has 0 spiro atoms. The largest absolute Gasteiger partial charge is 0.481 e. The number of likely N-dealkylation sites (tertiary alicyclic amines) is 1. The summed E-state index contributed by atoms with van der Waals surface area (Å²) in [6, 6.07) is 0.966. The maximum atomic E-state index is 14.3. The molecule has 1 aromatic rings. The first-order chi connectivity index (χ1) is 12.8. The number of carbonyl (C=O) groups excluding carboxylic acids is 1. The summed E-state index contributed by atoms with van der Waals surface area (Å²) >= 11 is 0. The van der Waals surface area contributed by atoms with E-state index in [0.717, 1.165) is 25.5 Å². The van der Waals surface area contributed by atoms with Gasteiger partial charge in [-0.2, -0.15) is 4.98 Å². The molecule has 27 heavy (non-hydrogen) atoms. The Morgan fingerprint density at radius 2 is 2.19 bits per heavy atom. The van der Waals surface area contributed by atoms with Gasteiger partial charge in [-0.25, -0.2) is 13.2 Å². The van der Waals surface area contributed by atoms with Crippen LogP contribution in [-0.2, 0) is 11.3 Å². The lowest BCUT2D eigenvalue weighted by Crippen LogP contribution is -2.41. The lowest BCUT2D eigenvalue weighted by Gasteiger charge is -2.19. The molecule has 1 aliphatic carbocycles. The van der Waals surface area contributed by atoms with Gasteiger partial charge in [0, 0.05) is 24.9 Å². The number of rotatable bonds is 6. The van der Waals surface area contributed by atoms with Crippen molar-refractivity contribution in [2.45, 2.75) is 56.7 Å². The van der Waals surface area contributed by atoms with Gasteiger partial charge in [-0.3, -0.25) is 9.69 Å². The highest BCUT2D eigenvalue weighted by molar-refractivity contribution is 5.82. The van der Waals surface area contributed by atoms with Crippen LogP contribution in [0.25, 0.3) is 0 Å². The Morgan fingerprint density at radius 1 is 1.41 bits per heavy atom. The van der Waals surface area contributed by atoms with Crippen LogP contribution in [0, 0.1) is 5.82 Å². The summed E-state index contributed by atoms with van der Waals surface area (Å²) < 4.78 is 51.4. The molecule has 3 rings (SSSR count). The van der Waals surface area contributed by atoms with Crippen molar-refractivity contribution in [3.63, 3.8) is 0 Å². The number of nitrogens with zero attached hydrogens (tertiary/aromatic N) is 2. The third kappa shape index (κ3) is 4.63. The number of hydrogen-bond acceptors (Lipinski definition) is 5. The van der Waals surface area contributed by atoms with E-state index in [2.05, 4.69) is 10.3 Å². The Kier molecular flexibility index (Phi) is 5.78. The van der Waals surface area contributed by atoms with Gasteiger partial charge in [0.2, 0.25) is 11.8 Å². The summed E-state index contributed by atoms with van der Waals surface area (Å²) in [5.74, 6) is -3.96.